The second-order valence-electron chi connectivity index (χ2n) is 1.13. The van der Waals surface area contributed by atoms with Gasteiger partial charge in [0, 0.05) is 18.1 Å². The van der Waals surface area contributed by atoms with Crippen LogP contribution < -0.4 is 5.73 Å². The molecule has 1 aromatic rings. The normalized spacial score (nSPS) is 8.12. The van der Waals surface area contributed by atoms with E-state index in [4.69, 9.17) is 5.73 Å². The minimum absolute atomic E-state index is 0. The van der Waals surface area contributed by atoms with E-state index in [-0.39, 0.29) is 24.0 Å². The fourth-order valence-electron chi connectivity index (χ4n) is 0.354. The summed E-state index contributed by atoms with van der Waals surface area (Å²) in [7, 11) is 0. The SMILES string of the molecule is I.NCc1nccs1. The van der Waals surface area contributed by atoms with Gasteiger partial charge in [-0.15, -0.1) is 35.3 Å². The van der Waals surface area contributed by atoms with Gasteiger partial charge in [0.2, 0.25) is 0 Å². The van der Waals surface area contributed by atoms with Crippen molar-refractivity contribution < 1.29 is 0 Å². The third-order valence-corrected chi connectivity index (χ3v) is 1.46. The topological polar surface area (TPSA) is 38.9 Å². The van der Waals surface area contributed by atoms with Gasteiger partial charge in [0.05, 0.1) is 0 Å². The summed E-state index contributed by atoms with van der Waals surface area (Å²) in [6.07, 6.45) is 1.76. The lowest BCUT2D eigenvalue weighted by Crippen LogP contribution is -1.93. The lowest BCUT2D eigenvalue weighted by atomic mass is 10.7. The molecule has 0 radical (unpaired) electrons. The van der Waals surface area contributed by atoms with Gasteiger partial charge in [0.15, 0.2) is 0 Å². The molecular weight excluding hydrogens is 235 g/mol. The summed E-state index contributed by atoms with van der Waals surface area (Å²) in [4.78, 5) is 3.93. The van der Waals surface area contributed by atoms with Crippen molar-refractivity contribution in [3.05, 3.63) is 16.6 Å². The minimum Gasteiger partial charge on any atom is -0.325 e. The lowest BCUT2D eigenvalue weighted by molar-refractivity contribution is 1.04. The molecule has 0 atom stereocenters. The van der Waals surface area contributed by atoms with Crippen LogP contribution in [0, 0.1) is 0 Å². The first kappa shape index (κ1) is 8.32. The average Bonchev–Trinajstić information content (AvgIpc) is 2.14. The van der Waals surface area contributed by atoms with Gasteiger partial charge in [-0.1, -0.05) is 0 Å². The van der Waals surface area contributed by atoms with Gasteiger partial charge < -0.3 is 5.73 Å². The second kappa shape index (κ2) is 4.22. The molecule has 0 saturated carbocycles. The predicted octanol–water partition coefficient (Wildman–Crippen LogP) is 1.22. The first-order chi connectivity index (χ1) is 3.43. The Kier molecular flexibility index (Phi) is 4.39. The highest BCUT2D eigenvalue weighted by Crippen LogP contribution is 2.00. The van der Waals surface area contributed by atoms with Crippen molar-refractivity contribution in [2.75, 3.05) is 0 Å². The van der Waals surface area contributed by atoms with Crippen LogP contribution in [-0.4, -0.2) is 4.98 Å². The smallest absolute Gasteiger partial charge is 0.106 e. The molecule has 0 fully saturated rings. The van der Waals surface area contributed by atoms with Gasteiger partial charge in [-0.05, 0) is 0 Å². The fourth-order valence-corrected chi connectivity index (χ4v) is 0.851. The lowest BCUT2D eigenvalue weighted by Gasteiger charge is -1.78. The van der Waals surface area contributed by atoms with Gasteiger partial charge in [-0.2, -0.15) is 0 Å². The van der Waals surface area contributed by atoms with E-state index in [1.165, 1.54) is 0 Å². The number of hydrogen-bond acceptors (Lipinski definition) is 3. The van der Waals surface area contributed by atoms with Crippen LogP contribution in [0.15, 0.2) is 11.6 Å². The van der Waals surface area contributed by atoms with Crippen molar-refractivity contribution in [3.8, 4) is 0 Å². The highest BCUT2D eigenvalue weighted by molar-refractivity contribution is 14.0. The third-order valence-electron chi connectivity index (χ3n) is 0.658. The van der Waals surface area contributed by atoms with Gasteiger partial charge in [-0.25, -0.2) is 4.98 Å². The molecule has 0 aliphatic rings. The number of thiazole rings is 1. The fraction of sp³-hybridized carbons (Fsp3) is 0.250. The van der Waals surface area contributed by atoms with Crippen molar-refractivity contribution in [1.82, 2.24) is 4.98 Å². The standard InChI is InChI=1S/C4H6N2S.HI/c5-3-4-6-1-2-7-4;/h1-2H,3,5H2;1H. The van der Waals surface area contributed by atoms with Gasteiger partial charge in [-0.3, -0.25) is 0 Å². The Labute approximate surface area is 69.1 Å². The Morgan fingerprint density at radius 3 is 2.75 bits per heavy atom. The van der Waals surface area contributed by atoms with E-state index in [1.54, 1.807) is 17.5 Å². The molecular formula is C4H7IN2S. The zero-order valence-corrected chi connectivity index (χ0v) is 7.35. The maximum Gasteiger partial charge on any atom is 0.106 e. The van der Waals surface area contributed by atoms with Crippen LogP contribution >= 0.6 is 35.3 Å². The molecule has 46 valence electrons. The van der Waals surface area contributed by atoms with Crippen molar-refractivity contribution >= 4 is 35.3 Å². The Balaban J connectivity index is 0.000000490. The molecule has 1 aromatic heterocycles. The van der Waals surface area contributed by atoms with Crippen LogP contribution in [0.2, 0.25) is 0 Å². The number of nitrogens with two attached hydrogens (primary N) is 1. The number of hydrogen-bond donors (Lipinski definition) is 1. The van der Waals surface area contributed by atoms with Crippen LogP contribution in [0.5, 0.6) is 0 Å². The van der Waals surface area contributed by atoms with E-state index in [9.17, 15) is 0 Å². The van der Waals surface area contributed by atoms with E-state index in [0.717, 1.165) is 5.01 Å². The first-order valence-corrected chi connectivity index (χ1v) is 2.90. The predicted molar refractivity (Wildman–Crippen MR) is 45.4 cm³/mol. The Hall–Kier alpha value is 0.320. The van der Waals surface area contributed by atoms with Gasteiger partial charge >= 0.3 is 0 Å². The average molecular weight is 242 g/mol. The molecule has 0 aromatic carbocycles. The quantitative estimate of drug-likeness (QED) is 0.752. The van der Waals surface area contributed by atoms with E-state index >= 15 is 0 Å². The zero-order valence-electron chi connectivity index (χ0n) is 4.20. The van der Waals surface area contributed by atoms with E-state index < -0.39 is 0 Å². The molecule has 2 N–H and O–H groups in total. The molecule has 1 rings (SSSR count). The summed E-state index contributed by atoms with van der Waals surface area (Å²) in [5.74, 6) is 0. The van der Waals surface area contributed by atoms with Crippen molar-refractivity contribution in [1.29, 1.82) is 0 Å². The first-order valence-electron chi connectivity index (χ1n) is 2.02. The molecule has 0 aliphatic carbocycles. The monoisotopic (exact) mass is 242 g/mol. The molecule has 4 heteroatoms. The summed E-state index contributed by atoms with van der Waals surface area (Å²) in [6.45, 7) is 0.567. The number of halogens is 1. The van der Waals surface area contributed by atoms with E-state index in [1.807, 2.05) is 5.38 Å². The molecule has 0 amide bonds. The van der Waals surface area contributed by atoms with Crippen LogP contribution in [-0.2, 0) is 6.54 Å². The van der Waals surface area contributed by atoms with Crippen LogP contribution in [0.1, 0.15) is 5.01 Å². The van der Waals surface area contributed by atoms with Crippen LogP contribution in [0.25, 0.3) is 0 Å². The van der Waals surface area contributed by atoms with Gasteiger partial charge in [0.1, 0.15) is 5.01 Å². The third kappa shape index (κ3) is 2.06. The summed E-state index contributed by atoms with van der Waals surface area (Å²) in [5.41, 5.74) is 5.24. The molecule has 1 heterocycles. The van der Waals surface area contributed by atoms with Crippen molar-refractivity contribution in [2.24, 2.45) is 5.73 Å². The van der Waals surface area contributed by atoms with Gasteiger partial charge in [0.25, 0.3) is 0 Å². The molecule has 0 spiro atoms. The Bertz CT molecular complexity index is 129. The zero-order chi connectivity index (χ0) is 5.11. The molecule has 0 bridgehead atoms. The maximum absolute atomic E-state index is 5.24. The highest BCUT2D eigenvalue weighted by Gasteiger charge is 1.84. The van der Waals surface area contributed by atoms with E-state index in [0.29, 0.717) is 6.54 Å². The molecule has 0 aliphatic heterocycles. The van der Waals surface area contributed by atoms with E-state index in [2.05, 4.69) is 4.98 Å². The number of nitrogens with zero attached hydrogens (tertiary/aromatic N) is 1. The largest absolute Gasteiger partial charge is 0.325 e. The summed E-state index contributed by atoms with van der Waals surface area (Å²) in [5, 5.41) is 2.92. The second-order valence-corrected chi connectivity index (χ2v) is 2.11. The maximum atomic E-state index is 5.24. The highest BCUT2D eigenvalue weighted by atomic mass is 127. The molecule has 2 nitrogen and oxygen atoms in total. The number of aromatic nitrogens is 1. The summed E-state index contributed by atoms with van der Waals surface area (Å²) in [6, 6.07) is 0. The van der Waals surface area contributed by atoms with Crippen molar-refractivity contribution in [2.45, 2.75) is 6.54 Å². The molecule has 0 saturated heterocycles. The van der Waals surface area contributed by atoms with Crippen molar-refractivity contribution in [3.63, 3.8) is 0 Å². The van der Waals surface area contributed by atoms with Crippen LogP contribution in [0.3, 0.4) is 0 Å². The Morgan fingerprint density at radius 1 is 1.75 bits per heavy atom. The minimum atomic E-state index is 0. The molecule has 8 heavy (non-hydrogen) atoms. The number of rotatable bonds is 1. The molecule has 0 unspecified atom stereocenters. The van der Waals surface area contributed by atoms with Crippen LogP contribution in [0.4, 0.5) is 0 Å². The summed E-state index contributed by atoms with van der Waals surface area (Å²) >= 11 is 1.59. The summed E-state index contributed by atoms with van der Waals surface area (Å²) < 4.78 is 0. The Morgan fingerprint density at radius 2 is 2.50 bits per heavy atom.